The summed E-state index contributed by atoms with van der Waals surface area (Å²) in [7, 11) is 0. The number of imidazole rings is 1. The Morgan fingerprint density at radius 2 is 2.00 bits per heavy atom. The summed E-state index contributed by atoms with van der Waals surface area (Å²) in [6.45, 7) is 0.399. The maximum atomic E-state index is 12.1. The van der Waals surface area contributed by atoms with Crippen molar-refractivity contribution in [3.8, 4) is 5.88 Å². The van der Waals surface area contributed by atoms with E-state index in [1.807, 2.05) is 0 Å². The summed E-state index contributed by atoms with van der Waals surface area (Å²) in [5.41, 5.74) is 0.239. The van der Waals surface area contributed by atoms with Gasteiger partial charge in [0.05, 0.1) is 17.6 Å². The lowest BCUT2D eigenvalue weighted by molar-refractivity contribution is -0.133. The first kappa shape index (κ1) is 20.9. The molecule has 0 saturated heterocycles. The monoisotopic (exact) mass is 386 g/mol. The standard InChI is InChI=1S/C18H30N2O5S/c21-15(13-6-2-1-3-7-13)9-10-20-14(17(24)19-18(20)25)8-4-5-11-26-12-16(22)23/h13,15,21,24H,1-12H2,(H,19,25)(H,22,23). The summed E-state index contributed by atoms with van der Waals surface area (Å²) >= 11 is 1.37. The summed E-state index contributed by atoms with van der Waals surface area (Å²) in [6, 6.07) is 0. The zero-order valence-corrected chi connectivity index (χ0v) is 16.0. The molecule has 1 saturated carbocycles. The van der Waals surface area contributed by atoms with Gasteiger partial charge in [-0.3, -0.25) is 14.3 Å². The van der Waals surface area contributed by atoms with Gasteiger partial charge in [-0.1, -0.05) is 19.3 Å². The van der Waals surface area contributed by atoms with Gasteiger partial charge in [-0.05, 0) is 50.2 Å². The molecule has 1 aliphatic carbocycles. The maximum Gasteiger partial charge on any atom is 0.328 e. The van der Waals surface area contributed by atoms with Crippen LogP contribution in [0.2, 0.25) is 0 Å². The number of unbranched alkanes of at least 4 members (excludes halogenated alkanes) is 1. The van der Waals surface area contributed by atoms with Gasteiger partial charge >= 0.3 is 11.7 Å². The van der Waals surface area contributed by atoms with Gasteiger partial charge in [0, 0.05) is 6.54 Å². The number of carbonyl (C=O) groups is 1. The van der Waals surface area contributed by atoms with Crippen LogP contribution in [0.4, 0.5) is 0 Å². The molecular weight excluding hydrogens is 356 g/mol. The third kappa shape index (κ3) is 6.39. The Hall–Kier alpha value is -1.41. The number of nitrogens with one attached hydrogen (secondary N) is 1. The quantitative estimate of drug-likeness (QED) is 0.434. The lowest BCUT2D eigenvalue weighted by atomic mass is 9.84. The molecule has 1 fully saturated rings. The normalized spacial score (nSPS) is 16.7. The van der Waals surface area contributed by atoms with E-state index in [0.29, 0.717) is 31.0 Å². The zero-order valence-electron chi connectivity index (χ0n) is 15.2. The van der Waals surface area contributed by atoms with Gasteiger partial charge in [-0.15, -0.1) is 0 Å². The second-order valence-corrected chi connectivity index (χ2v) is 8.14. The molecule has 1 aromatic heterocycles. The van der Waals surface area contributed by atoms with E-state index in [0.717, 1.165) is 44.3 Å². The number of rotatable bonds is 11. The lowest BCUT2D eigenvalue weighted by Gasteiger charge is -2.26. The minimum atomic E-state index is -0.816. The van der Waals surface area contributed by atoms with E-state index in [1.54, 1.807) is 0 Å². The van der Waals surface area contributed by atoms with Gasteiger partial charge in [-0.25, -0.2) is 4.79 Å². The smallest absolute Gasteiger partial charge is 0.328 e. The van der Waals surface area contributed by atoms with E-state index in [2.05, 4.69) is 4.98 Å². The number of carboxylic acid groups (broad SMARTS) is 1. The zero-order chi connectivity index (χ0) is 18.9. The fourth-order valence-electron chi connectivity index (χ4n) is 3.65. The number of aromatic nitrogens is 2. The molecular formula is C18H30N2O5S. The molecule has 0 bridgehead atoms. The topological polar surface area (TPSA) is 116 Å². The maximum absolute atomic E-state index is 12.1. The highest BCUT2D eigenvalue weighted by Crippen LogP contribution is 2.28. The molecule has 0 radical (unpaired) electrons. The minimum Gasteiger partial charge on any atom is -0.493 e. The minimum absolute atomic E-state index is 0.0964. The van der Waals surface area contributed by atoms with E-state index in [-0.39, 0.29) is 17.3 Å². The molecule has 0 aliphatic heterocycles. The number of hydrogen-bond donors (Lipinski definition) is 4. The highest BCUT2D eigenvalue weighted by Gasteiger charge is 2.22. The van der Waals surface area contributed by atoms with Gasteiger partial charge in [0.15, 0.2) is 0 Å². The average Bonchev–Trinajstić information content (AvgIpc) is 2.89. The number of carboxylic acids is 1. The largest absolute Gasteiger partial charge is 0.493 e. The fourth-order valence-corrected chi connectivity index (χ4v) is 4.38. The first-order valence-electron chi connectivity index (χ1n) is 9.47. The third-order valence-corrected chi connectivity index (χ3v) is 6.12. The summed E-state index contributed by atoms with van der Waals surface area (Å²) in [4.78, 5) is 25.0. The van der Waals surface area contributed by atoms with Crippen LogP contribution in [-0.2, 0) is 17.8 Å². The number of aromatic hydroxyl groups is 1. The Labute approximate surface area is 157 Å². The van der Waals surface area contributed by atoms with Gasteiger partial charge in [0.25, 0.3) is 0 Å². The Balaban J connectivity index is 1.82. The number of aromatic amines is 1. The predicted octanol–water partition coefficient (Wildman–Crippen LogP) is 2.35. The number of nitrogens with zero attached hydrogens (tertiary/aromatic N) is 1. The first-order valence-corrected chi connectivity index (χ1v) is 10.6. The van der Waals surface area contributed by atoms with Crippen LogP contribution in [0.15, 0.2) is 4.79 Å². The number of aliphatic hydroxyl groups is 1. The predicted molar refractivity (Wildman–Crippen MR) is 102 cm³/mol. The van der Waals surface area contributed by atoms with Gasteiger partial charge in [-0.2, -0.15) is 11.8 Å². The van der Waals surface area contributed by atoms with Crippen molar-refractivity contribution in [3.05, 3.63) is 16.2 Å². The van der Waals surface area contributed by atoms with Gasteiger partial charge < -0.3 is 15.3 Å². The molecule has 7 nitrogen and oxygen atoms in total. The Morgan fingerprint density at radius 3 is 2.69 bits per heavy atom. The number of aliphatic hydroxyl groups excluding tert-OH is 1. The molecule has 1 aliphatic rings. The van der Waals surface area contributed by atoms with Crippen LogP contribution in [0, 0.1) is 5.92 Å². The van der Waals surface area contributed by atoms with Crippen LogP contribution in [0.25, 0.3) is 0 Å². The third-order valence-electron chi connectivity index (χ3n) is 5.09. The van der Waals surface area contributed by atoms with E-state index in [1.165, 1.54) is 22.7 Å². The van der Waals surface area contributed by atoms with Crippen LogP contribution < -0.4 is 5.69 Å². The van der Waals surface area contributed by atoms with E-state index in [4.69, 9.17) is 5.11 Å². The number of H-pyrrole nitrogens is 1. The van der Waals surface area contributed by atoms with Gasteiger partial charge in [0.1, 0.15) is 0 Å². The summed E-state index contributed by atoms with van der Waals surface area (Å²) in [6.07, 6.45) is 7.92. The highest BCUT2D eigenvalue weighted by molar-refractivity contribution is 7.99. The van der Waals surface area contributed by atoms with Crippen LogP contribution in [0.5, 0.6) is 5.88 Å². The van der Waals surface area contributed by atoms with Crippen LogP contribution in [0.1, 0.15) is 57.1 Å². The average molecular weight is 387 g/mol. The van der Waals surface area contributed by atoms with Crippen molar-refractivity contribution < 1.29 is 20.1 Å². The van der Waals surface area contributed by atoms with Crippen LogP contribution in [0.3, 0.4) is 0 Å². The van der Waals surface area contributed by atoms with Crippen molar-refractivity contribution in [3.63, 3.8) is 0 Å². The Morgan fingerprint density at radius 1 is 1.27 bits per heavy atom. The summed E-state index contributed by atoms with van der Waals surface area (Å²) in [5.74, 6) is 0.243. The molecule has 1 aromatic rings. The molecule has 0 spiro atoms. The second kappa shape index (κ2) is 10.7. The molecule has 1 atom stereocenters. The van der Waals surface area contributed by atoms with Crippen molar-refractivity contribution in [1.29, 1.82) is 0 Å². The molecule has 1 heterocycles. The summed E-state index contributed by atoms with van der Waals surface area (Å²) < 4.78 is 1.53. The molecule has 26 heavy (non-hydrogen) atoms. The van der Waals surface area contributed by atoms with Crippen LogP contribution >= 0.6 is 11.8 Å². The van der Waals surface area contributed by atoms with Crippen LogP contribution in [-0.4, -0.2) is 48.4 Å². The van der Waals surface area contributed by atoms with Crippen molar-refractivity contribution in [1.82, 2.24) is 9.55 Å². The molecule has 8 heteroatoms. The van der Waals surface area contributed by atoms with E-state index in [9.17, 15) is 19.8 Å². The molecule has 0 amide bonds. The summed E-state index contributed by atoms with van der Waals surface area (Å²) in [5, 5.41) is 29.0. The first-order chi connectivity index (χ1) is 12.5. The van der Waals surface area contributed by atoms with Gasteiger partial charge in [0.2, 0.25) is 5.88 Å². The SMILES string of the molecule is O=C(O)CSCCCCc1c(O)[nH]c(=O)n1CCC(O)C1CCCCC1. The molecule has 1 unspecified atom stereocenters. The lowest BCUT2D eigenvalue weighted by Crippen LogP contribution is -2.27. The molecule has 2 rings (SSSR count). The highest BCUT2D eigenvalue weighted by atomic mass is 32.2. The van der Waals surface area contributed by atoms with Crippen molar-refractivity contribution in [2.75, 3.05) is 11.5 Å². The number of thioether (sulfide) groups is 1. The molecule has 0 aromatic carbocycles. The van der Waals surface area contributed by atoms with Crippen molar-refractivity contribution in [2.24, 2.45) is 5.92 Å². The number of hydrogen-bond acceptors (Lipinski definition) is 5. The van der Waals surface area contributed by atoms with E-state index < -0.39 is 12.1 Å². The Bertz CT molecular complexity index is 622. The fraction of sp³-hybridized carbons (Fsp3) is 0.778. The van der Waals surface area contributed by atoms with Crippen molar-refractivity contribution in [2.45, 2.75) is 70.4 Å². The molecule has 148 valence electrons. The Kier molecular flexibility index (Phi) is 8.58. The van der Waals surface area contributed by atoms with E-state index >= 15 is 0 Å². The second-order valence-electron chi connectivity index (χ2n) is 7.03. The number of aliphatic carboxylic acids is 1. The molecule has 4 N–H and O–H groups in total. The van der Waals surface area contributed by atoms with Crippen molar-refractivity contribution >= 4 is 17.7 Å².